The lowest BCUT2D eigenvalue weighted by Crippen LogP contribution is -1.83. The van der Waals surface area contributed by atoms with Crippen LogP contribution in [-0.4, -0.2) is 14.8 Å². The average molecular weight is 163 g/mol. The van der Waals surface area contributed by atoms with Gasteiger partial charge in [0.2, 0.25) is 0 Å². The smallest absolute Gasteiger partial charge is 0.191 e. The summed E-state index contributed by atoms with van der Waals surface area (Å²) in [4.78, 5) is 4.00. The Kier molecular flexibility index (Phi) is 1.46. The molecule has 0 fully saturated rings. The second kappa shape index (κ2) is 2.48. The Bertz CT molecular complexity index is 350. The van der Waals surface area contributed by atoms with Gasteiger partial charge in [-0.25, -0.2) is 4.98 Å². The predicted molar refractivity (Wildman–Crippen MR) is 43.4 cm³/mol. The molecule has 0 unspecified atom stereocenters. The minimum absolute atomic E-state index is 0.675. The van der Waals surface area contributed by atoms with E-state index in [9.17, 15) is 0 Å². The van der Waals surface area contributed by atoms with Gasteiger partial charge in [-0.15, -0.1) is 0 Å². The maximum atomic E-state index is 5.32. The molecule has 0 aliphatic heterocycles. The van der Waals surface area contributed by atoms with Crippen molar-refractivity contribution in [2.45, 2.75) is 6.92 Å². The lowest BCUT2D eigenvalue weighted by molar-refractivity contribution is 0.534. The zero-order chi connectivity index (χ0) is 8.55. The van der Waals surface area contributed by atoms with Crippen molar-refractivity contribution in [3.05, 3.63) is 24.5 Å². The molecule has 12 heavy (non-hydrogen) atoms. The summed E-state index contributed by atoms with van der Waals surface area (Å²) >= 11 is 0. The van der Waals surface area contributed by atoms with Crippen molar-refractivity contribution < 1.29 is 4.42 Å². The molecule has 0 saturated carbocycles. The minimum atomic E-state index is 0.675. The van der Waals surface area contributed by atoms with Crippen LogP contribution in [0.4, 0.5) is 0 Å². The van der Waals surface area contributed by atoms with Crippen LogP contribution >= 0.6 is 0 Å². The van der Waals surface area contributed by atoms with Gasteiger partial charge < -0.3 is 4.42 Å². The molecule has 4 nitrogen and oxygen atoms in total. The molecular formula is C8H9N3O. The lowest BCUT2D eigenvalue weighted by atomic mass is 10.3. The van der Waals surface area contributed by atoms with Crippen molar-refractivity contribution >= 4 is 0 Å². The van der Waals surface area contributed by atoms with Gasteiger partial charge in [0, 0.05) is 20.2 Å². The summed E-state index contributed by atoms with van der Waals surface area (Å²) in [5.41, 5.74) is 0.957. The van der Waals surface area contributed by atoms with Gasteiger partial charge >= 0.3 is 0 Å². The molecule has 4 heteroatoms. The van der Waals surface area contributed by atoms with Crippen molar-refractivity contribution in [2.75, 3.05) is 0 Å². The number of nitrogens with zero attached hydrogens (tertiary/aromatic N) is 3. The standard InChI is InChI=1S/C8H9N3O/c1-6-9-4-8(12-6)7-3-10-11(2)5-7/h3-5H,1-2H3. The van der Waals surface area contributed by atoms with Crippen LogP contribution in [0.5, 0.6) is 0 Å². The molecule has 0 spiro atoms. The van der Waals surface area contributed by atoms with Crippen molar-refractivity contribution in [1.82, 2.24) is 14.8 Å². The largest absolute Gasteiger partial charge is 0.441 e. The number of hydrogen-bond acceptors (Lipinski definition) is 3. The van der Waals surface area contributed by atoms with Gasteiger partial charge in [-0.1, -0.05) is 0 Å². The van der Waals surface area contributed by atoms with E-state index in [0.717, 1.165) is 11.3 Å². The normalized spacial score (nSPS) is 10.5. The summed E-state index contributed by atoms with van der Waals surface area (Å²) in [5.74, 6) is 1.44. The first-order valence-electron chi connectivity index (χ1n) is 3.67. The van der Waals surface area contributed by atoms with E-state index < -0.39 is 0 Å². The van der Waals surface area contributed by atoms with Gasteiger partial charge in [0.1, 0.15) is 0 Å². The summed E-state index contributed by atoms with van der Waals surface area (Å²) in [6, 6.07) is 0. The molecule has 2 rings (SSSR count). The Morgan fingerprint density at radius 1 is 1.42 bits per heavy atom. The summed E-state index contributed by atoms with van der Waals surface area (Å²) in [5, 5.41) is 4.03. The molecule has 2 heterocycles. The third kappa shape index (κ3) is 1.11. The average Bonchev–Trinajstić information content (AvgIpc) is 2.58. The lowest BCUT2D eigenvalue weighted by Gasteiger charge is -1.85. The molecule has 2 aromatic rings. The second-order valence-corrected chi connectivity index (χ2v) is 2.65. The quantitative estimate of drug-likeness (QED) is 0.638. The van der Waals surface area contributed by atoms with Gasteiger partial charge in [0.15, 0.2) is 11.7 Å². The molecule has 2 aromatic heterocycles. The van der Waals surface area contributed by atoms with E-state index in [1.807, 2.05) is 20.2 Å². The van der Waals surface area contributed by atoms with Crippen LogP contribution in [0.2, 0.25) is 0 Å². The maximum Gasteiger partial charge on any atom is 0.191 e. The summed E-state index contributed by atoms with van der Waals surface area (Å²) in [6.45, 7) is 1.82. The fraction of sp³-hybridized carbons (Fsp3) is 0.250. The van der Waals surface area contributed by atoms with Crippen LogP contribution in [0.15, 0.2) is 23.0 Å². The van der Waals surface area contributed by atoms with Gasteiger partial charge in [0.05, 0.1) is 18.0 Å². The summed E-state index contributed by atoms with van der Waals surface area (Å²) in [6.07, 6.45) is 5.34. The fourth-order valence-electron chi connectivity index (χ4n) is 1.04. The van der Waals surface area contributed by atoms with E-state index in [1.54, 1.807) is 17.1 Å². The first-order chi connectivity index (χ1) is 5.75. The third-order valence-electron chi connectivity index (χ3n) is 1.61. The SMILES string of the molecule is Cc1ncc(-c2cnn(C)c2)o1. The third-order valence-corrected chi connectivity index (χ3v) is 1.61. The van der Waals surface area contributed by atoms with Crippen LogP contribution < -0.4 is 0 Å². The van der Waals surface area contributed by atoms with Crippen molar-refractivity contribution in [3.8, 4) is 11.3 Å². The maximum absolute atomic E-state index is 5.32. The van der Waals surface area contributed by atoms with Crippen LogP contribution in [0.1, 0.15) is 5.89 Å². The van der Waals surface area contributed by atoms with Crippen molar-refractivity contribution in [3.63, 3.8) is 0 Å². The number of rotatable bonds is 1. The topological polar surface area (TPSA) is 43.9 Å². The number of aromatic nitrogens is 3. The Morgan fingerprint density at radius 2 is 2.25 bits per heavy atom. The van der Waals surface area contributed by atoms with Gasteiger partial charge in [-0.2, -0.15) is 5.10 Å². The molecule has 0 aromatic carbocycles. The monoisotopic (exact) mass is 163 g/mol. The number of aryl methyl sites for hydroxylation is 2. The van der Waals surface area contributed by atoms with Crippen LogP contribution in [-0.2, 0) is 7.05 Å². The molecule has 0 aliphatic carbocycles. The summed E-state index contributed by atoms with van der Waals surface area (Å²) < 4.78 is 7.05. The van der Waals surface area contributed by atoms with E-state index in [2.05, 4.69) is 10.1 Å². The van der Waals surface area contributed by atoms with Crippen LogP contribution in [0.3, 0.4) is 0 Å². The van der Waals surface area contributed by atoms with Gasteiger partial charge in [-0.05, 0) is 0 Å². The minimum Gasteiger partial charge on any atom is -0.441 e. The number of hydrogen-bond donors (Lipinski definition) is 0. The highest BCUT2D eigenvalue weighted by Crippen LogP contribution is 2.18. The molecule has 62 valence electrons. The zero-order valence-corrected chi connectivity index (χ0v) is 6.98. The first kappa shape index (κ1) is 7.09. The summed E-state index contributed by atoms with van der Waals surface area (Å²) in [7, 11) is 1.87. The zero-order valence-electron chi connectivity index (χ0n) is 6.98. The molecule has 0 radical (unpaired) electrons. The van der Waals surface area contributed by atoms with E-state index in [0.29, 0.717) is 5.89 Å². The van der Waals surface area contributed by atoms with Crippen LogP contribution in [0.25, 0.3) is 11.3 Å². The van der Waals surface area contributed by atoms with E-state index >= 15 is 0 Å². The van der Waals surface area contributed by atoms with Crippen LogP contribution in [0, 0.1) is 6.92 Å². The highest BCUT2D eigenvalue weighted by molar-refractivity contribution is 5.53. The molecule has 0 atom stereocenters. The molecule has 0 saturated heterocycles. The molecule has 0 N–H and O–H groups in total. The van der Waals surface area contributed by atoms with E-state index in [-0.39, 0.29) is 0 Å². The van der Waals surface area contributed by atoms with Crippen molar-refractivity contribution in [1.29, 1.82) is 0 Å². The number of oxazole rings is 1. The molecule has 0 amide bonds. The predicted octanol–water partition coefficient (Wildman–Crippen LogP) is 1.38. The second-order valence-electron chi connectivity index (χ2n) is 2.65. The van der Waals surface area contributed by atoms with E-state index in [4.69, 9.17) is 4.42 Å². The van der Waals surface area contributed by atoms with Gasteiger partial charge in [0.25, 0.3) is 0 Å². The molecule has 0 aliphatic rings. The first-order valence-corrected chi connectivity index (χ1v) is 3.67. The highest BCUT2D eigenvalue weighted by atomic mass is 16.4. The highest BCUT2D eigenvalue weighted by Gasteiger charge is 2.04. The van der Waals surface area contributed by atoms with Gasteiger partial charge in [-0.3, -0.25) is 4.68 Å². The molecular weight excluding hydrogens is 154 g/mol. The Morgan fingerprint density at radius 3 is 2.75 bits per heavy atom. The fourth-order valence-corrected chi connectivity index (χ4v) is 1.04. The Labute approximate surface area is 69.8 Å². The Hall–Kier alpha value is -1.58. The Balaban J connectivity index is 2.43. The van der Waals surface area contributed by atoms with Crippen molar-refractivity contribution in [2.24, 2.45) is 7.05 Å². The van der Waals surface area contributed by atoms with E-state index in [1.165, 1.54) is 0 Å². The molecule has 0 bridgehead atoms.